The van der Waals surface area contributed by atoms with Crippen LogP contribution in [0.3, 0.4) is 0 Å². The highest BCUT2D eigenvalue weighted by molar-refractivity contribution is 5.59. The first kappa shape index (κ1) is 11.0. The molecule has 0 radical (unpaired) electrons. The second-order valence-corrected chi connectivity index (χ2v) is 2.74. The van der Waals surface area contributed by atoms with E-state index in [4.69, 9.17) is 0 Å². The van der Waals surface area contributed by atoms with Gasteiger partial charge in [-0.25, -0.2) is 0 Å². The minimum atomic E-state index is -0.885. The van der Waals surface area contributed by atoms with Crippen molar-refractivity contribution in [1.29, 1.82) is 0 Å². The van der Waals surface area contributed by atoms with E-state index in [0.717, 1.165) is 6.07 Å². The largest absolute Gasteiger partial charge is 0.305 e. The summed E-state index contributed by atoms with van der Waals surface area (Å²) >= 11 is 0. The lowest BCUT2D eigenvalue weighted by molar-refractivity contribution is -0.387. The maximum Gasteiger partial charge on any atom is 0.305 e. The highest BCUT2D eigenvalue weighted by Crippen LogP contribution is 2.20. The van der Waals surface area contributed by atoms with Gasteiger partial charge in [0.2, 0.25) is 5.82 Å². The average Bonchev–Trinajstić information content (AvgIpc) is 2.20. The van der Waals surface area contributed by atoms with Crippen molar-refractivity contribution in [3.63, 3.8) is 0 Å². The van der Waals surface area contributed by atoms with E-state index in [1.165, 1.54) is 24.3 Å². The molecule has 0 fully saturated rings. The number of carbonyl (C=O) groups excluding carboxylic acids is 1. The Labute approximate surface area is 85.2 Å². The third kappa shape index (κ3) is 2.70. The monoisotopic (exact) mass is 209 g/mol. The van der Waals surface area contributed by atoms with Crippen LogP contribution in [0.2, 0.25) is 0 Å². The van der Waals surface area contributed by atoms with Crippen LogP contribution >= 0.6 is 0 Å². The fourth-order valence-corrected chi connectivity index (χ4v) is 1.06. The van der Waals surface area contributed by atoms with Gasteiger partial charge >= 0.3 is 5.69 Å². The van der Waals surface area contributed by atoms with Gasteiger partial charge in [0.05, 0.1) is 4.92 Å². The molecule has 0 bridgehead atoms. The molecule has 5 heteroatoms. The van der Waals surface area contributed by atoms with Crippen LogP contribution in [0.15, 0.2) is 24.3 Å². The lowest BCUT2D eigenvalue weighted by atomic mass is 10.1. The van der Waals surface area contributed by atoms with Gasteiger partial charge in [0.15, 0.2) is 0 Å². The predicted octanol–water partition coefficient (Wildman–Crippen LogP) is 2.34. The van der Waals surface area contributed by atoms with Gasteiger partial charge < -0.3 is 4.79 Å². The molecule has 0 spiro atoms. The summed E-state index contributed by atoms with van der Waals surface area (Å²) in [6.07, 6.45) is 3.60. The number of halogens is 1. The number of aldehydes is 1. The molecular formula is C10H8FNO3. The number of nitro benzene ring substituents is 1. The summed E-state index contributed by atoms with van der Waals surface area (Å²) in [4.78, 5) is 19.6. The molecule has 4 nitrogen and oxygen atoms in total. The highest BCUT2D eigenvalue weighted by Gasteiger charge is 2.15. The van der Waals surface area contributed by atoms with E-state index in [9.17, 15) is 19.3 Å². The maximum absolute atomic E-state index is 13.4. The van der Waals surface area contributed by atoms with Gasteiger partial charge in [0.1, 0.15) is 6.29 Å². The van der Waals surface area contributed by atoms with Gasteiger partial charge in [-0.05, 0) is 0 Å². The zero-order valence-electron chi connectivity index (χ0n) is 7.72. The van der Waals surface area contributed by atoms with E-state index in [0.29, 0.717) is 6.29 Å². The number of nitro groups is 1. The van der Waals surface area contributed by atoms with Gasteiger partial charge in [-0.2, -0.15) is 4.39 Å². The fraction of sp³-hybridized carbons (Fsp3) is 0.100. The molecule has 0 saturated carbocycles. The summed E-state index contributed by atoms with van der Waals surface area (Å²) in [6.45, 7) is 0. The predicted molar refractivity (Wildman–Crippen MR) is 52.8 cm³/mol. The van der Waals surface area contributed by atoms with Crippen LogP contribution in [0.4, 0.5) is 10.1 Å². The van der Waals surface area contributed by atoms with Crippen molar-refractivity contribution < 1.29 is 14.1 Å². The molecule has 15 heavy (non-hydrogen) atoms. The van der Waals surface area contributed by atoms with Gasteiger partial charge in [-0.15, -0.1) is 0 Å². The van der Waals surface area contributed by atoms with E-state index in [-0.39, 0.29) is 12.0 Å². The lowest BCUT2D eigenvalue weighted by Crippen LogP contribution is -1.94. The number of hydrogen-bond acceptors (Lipinski definition) is 3. The van der Waals surface area contributed by atoms with E-state index in [1.807, 2.05) is 0 Å². The van der Waals surface area contributed by atoms with Crippen LogP contribution in [-0.2, 0) is 4.79 Å². The third-order valence-electron chi connectivity index (χ3n) is 1.73. The summed E-state index contributed by atoms with van der Waals surface area (Å²) in [6, 6.07) is 3.89. The first-order valence-electron chi connectivity index (χ1n) is 4.20. The van der Waals surface area contributed by atoms with E-state index >= 15 is 0 Å². The van der Waals surface area contributed by atoms with Gasteiger partial charge in [-0.3, -0.25) is 10.1 Å². The number of benzene rings is 1. The van der Waals surface area contributed by atoms with Gasteiger partial charge in [0, 0.05) is 18.1 Å². The Morgan fingerprint density at radius 3 is 2.80 bits per heavy atom. The van der Waals surface area contributed by atoms with Crippen LogP contribution < -0.4 is 0 Å². The molecule has 0 atom stereocenters. The summed E-state index contributed by atoms with van der Waals surface area (Å²) in [5, 5.41) is 10.4. The second-order valence-electron chi connectivity index (χ2n) is 2.74. The van der Waals surface area contributed by atoms with Crippen LogP contribution in [-0.4, -0.2) is 11.2 Å². The van der Waals surface area contributed by atoms with Crippen molar-refractivity contribution in [2.24, 2.45) is 0 Å². The molecular weight excluding hydrogens is 201 g/mol. The Morgan fingerprint density at radius 2 is 2.20 bits per heavy atom. The van der Waals surface area contributed by atoms with E-state index < -0.39 is 16.4 Å². The Hall–Kier alpha value is -2.04. The van der Waals surface area contributed by atoms with Gasteiger partial charge in [0.25, 0.3) is 0 Å². The van der Waals surface area contributed by atoms with Crippen molar-refractivity contribution in [2.45, 2.75) is 6.42 Å². The molecule has 1 aromatic rings. The molecule has 0 aromatic heterocycles. The van der Waals surface area contributed by atoms with Crippen molar-refractivity contribution in [1.82, 2.24) is 0 Å². The quantitative estimate of drug-likeness (QED) is 0.434. The zero-order valence-corrected chi connectivity index (χ0v) is 7.72. The molecule has 1 rings (SSSR count). The van der Waals surface area contributed by atoms with E-state index in [1.54, 1.807) is 0 Å². The first-order valence-corrected chi connectivity index (χ1v) is 4.20. The summed E-state index contributed by atoms with van der Waals surface area (Å²) in [5.41, 5.74) is -0.464. The molecule has 0 amide bonds. The van der Waals surface area contributed by atoms with Crippen LogP contribution in [0.25, 0.3) is 6.08 Å². The Bertz CT molecular complexity index is 415. The minimum Gasteiger partial charge on any atom is -0.303 e. The fourth-order valence-electron chi connectivity index (χ4n) is 1.06. The molecule has 78 valence electrons. The molecule has 0 heterocycles. The molecule has 0 N–H and O–H groups in total. The standard InChI is InChI=1S/C10H8FNO3/c11-10-8(4-1-2-7-13)5-3-6-9(10)12(14)15/h1,3-7H,2H2. The molecule has 0 aliphatic rings. The molecule has 0 aliphatic heterocycles. The second kappa shape index (κ2) is 4.99. The normalized spacial score (nSPS) is 10.5. The molecule has 0 unspecified atom stereocenters. The SMILES string of the molecule is O=CCC=Cc1cccc([N+](=O)[O-])c1F. The number of carbonyl (C=O) groups is 1. The van der Waals surface area contributed by atoms with E-state index in [2.05, 4.69) is 0 Å². The number of nitrogens with zero attached hydrogens (tertiary/aromatic N) is 1. The summed E-state index contributed by atoms with van der Waals surface area (Å²) in [7, 11) is 0. The third-order valence-corrected chi connectivity index (χ3v) is 1.73. The zero-order chi connectivity index (χ0) is 11.3. The molecule has 0 aliphatic carbocycles. The van der Waals surface area contributed by atoms with Crippen molar-refractivity contribution in [3.05, 3.63) is 45.8 Å². The van der Waals surface area contributed by atoms with Crippen LogP contribution in [0, 0.1) is 15.9 Å². The smallest absolute Gasteiger partial charge is 0.303 e. The minimum absolute atomic E-state index is 0.103. The van der Waals surface area contributed by atoms with Crippen molar-refractivity contribution in [3.8, 4) is 0 Å². The average molecular weight is 209 g/mol. The van der Waals surface area contributed by atoms with Crippen molar-refractivity contribution in [2.75, 3.05) is 0 Å². The number of rotatable bonds is 4. The van der Waals surface area contributed by atoms with Crippen LogP contribution in [0.5, 0.6) is 0 Å². The Kier molecular flexibility index (Phi) is 3.68. The number of allylic oxidation sites excluding steroid dienone is 1. The lowest BCUT2D eigenvalue weighted by Gasteiger charge is -1.97. The highest BCUT2D eigenvalue weighted by atomic mass is 19.1. The first-order chi connectivity index (χ1) is 7.16. The topological polar surface area (TPSA) is 60.2 Å². The Balaban J connectivity index is 3.04. The molecule has 1 aromatic carbocycles. The Morgan fingerprint density at radius 1 is 1.47 bits per heavy atom. The molecule has 0 saturated heterocycles. The van der Waals surface area contributed by atoms with Gasteiger partial charge in [-0.1, -0.05) is 24.3 Å². The van der Waals surface area contributed by atoms with Crippen molar-refractivity contribution >= 4 is 18.0 Å². The maximum atomic E-state index is 13.4. The van der Waals surface area contributed by atoms with Crippen LogP contribution in [0.1, 0.15) is 12.0 Å². The summed E-state index contributed by atoms with van der Waals surface area (Å²) < 4.78 is 13.4. The number of hydrogen-bond donors (Lipinski definition) is 0. The summed E-state index contributed by atoms with van der Waals surface area (Å²) in [5.74, 6) is -0.885.